The number of anilines is 1. The van der Waals surface area contributed by atoms with E-state index >= 15 is 0 Å². The number of carboxylic acid groups (broad SMARTS) is 1. The van der Waals surface area contributed by atoms with Crippen molar-refractivity contribution in [3.63, 3.8) is 0 Å². The molecule has 0 saturated carbocycles. The van der Waals surface area contributed by atoms with Gasteiger partial charge in [0.05, 0.1) is 0 Å². The Balaban J connectivity index is 2.20. The van der Waals surface area contributed by atoms with Crippen LogP contribution in [-0.4, -0.2) is 23.7 Å². The zero-order valence-corrected chi connectivity index (χ0v) is 8.88. The Kier molecular flexibility index (Phi) is 2.46. The van der Waals surface area contributed by atoms with Gasteiger partial charge in [-0.3, -0.25) is 0 Å². The Bertz CT molecular complexity index is 348. The second kappa shape index (κ2) is 3.61. The summed E-state index contributed by atoms with van der Waals surface area (Å²) in [6.07, 6.45) is 2.41. The highest BCUT2D eigenvalue weighted by Gasteiger charge is 2.22. The van der Waals surface area contributed by atoms with Crippen molar-refractivity contribution in [3.8, 4) is 0 Å². The molecule has 3 nitrogen and oxygen atoms in total. The zero-order valence-electron chi connectivity index (χ0n) is 8.06. The maximum absolute atomic E-state index is 10.7. The summed E-state index contributed by atoms with van der Waals surface area (Å²) in [5.74, 6) is -0.826. The van der Waals surface area contributed by atoms with E-state index in [1.807, 2.05) is 5.38 Å². The van der Waals surface area contributed by atoms with Gasteiger partial charge in [-0.1, -0.05) is 0 Å². The predicted molar refractivity (Wildman–Crippen MR) is 57.3 cm³/mol. The first-order valence-electron chi connectivity index (χ1n) is 4.77. The molecule has 0 bridgehead atoms. The number of aromatic carboxylic acids is 1. The Morgan fingerprint density at radius 1 is 1.71 bits per heavy atom. The monoisotopic (exact) mass is 211 g/mol. The van der Waals surface area contributed by atoms with Crippen LogP contribution >= 0.6 is 11.3 Å². The minimum Gasteiger partial charge on any atom is -0.477 e. The molecule has 14 heavy (non-hydrogen) atoms. The second-order valence-electron chi connectivity index (χ2n) is 3.66. The Hall–Kier alpha value is -1.03. The van der Waals surface area contributed by atoms with Crippen LogP contribution in [0.1, 0.15) is 29.4 Å². The summed E-state index contributed by atoms with van der Waals surface area (Å²) in [6, 6.07) is 2.32. The van der Waals surface area contributed by atoms with Crippen molar-refractivity contribution in [1.82, 2.24) is 0 Å². The molecule has 1 unspecified atom stereocenters. The van der Waals surface area contributed by atoms with Crippen LogP contribution < -0.4 is 4.90 Å². The summed E-state index contributed by atoms with van der Waals surface area (Å²) < 4.78 is 0. The molecule has 2 rings (SSSR count). The molecular formula is C10H13NO2S. The topological polar surface area (TPSA) is 40.5 Å². The molecule has 1 N–H and O–H groups in total. The number of hydrogen-bond donors (Lipinski definition) is 1. The molecule has 0 aliphatic carbocycles. The van der Waals surface area contributed by atoms with E-state index in [9.17, 15) is 4.79 Å². The molecule has 0 aromatic carbocycles. The minimum absolute atomic E-state index is 0.430. The normalized spacial score (nSPS) is 21.5. The lowest BCUT2D eigenvalue weighted by atomic mass is 10.2. The number of hydrogen-bond acceptors (Lipinski definition) is 3. The molecule has 1 aliphatic rings. The van der Waals surface area contributed by atoms with E-state index in [2.05, 4.69) is 11.8 Å². The first-order valence-corrected chi connectivity index (χ1v) is 5.65. The fourth-order valence-electron chi connectivity index (χ4n) is 1.91. The molecule has 1 aromatic heterocycles. The maximum Gasteiger partial charge on any atom is 0.345 e. The van der Waals surface area contributed by atoms with Crippen molar-refractivity contribution in [2.45, 2.75) is 25.8 Å². The van der Waals surface area contributed by atoms with Gasteiger partial charge < -0.3 is 10.0 Å². The molecule has 1 atom stereocenters. The third kappa shape index (κ3) is 1.62. The van der Waals surface area contributed by atoms with Crippen LogP contribution in [0.25, 0.3) is 0 Å². The van der Waals surface area contributed by atoms with Crippen LogP contribution in [0.3, 0.4) is 0 Å². The summed E-state index contributed by atoms with van der Waals surface area (Å²) in [7, 11) is 0. The Morgan fingerprint density at radius 3 is 3.00 bits per heavy atom. The van der Waals surface area contributed by atoms with Gasteiger partial charge in [-0.2, -0.15) is 0 Å². The average Bonchev–Trinajstić information content (AvgIpc) is 2.71. The Labute approximate surface area is 87.0 Å². The highest BCUT2D eigenvalue weighted by atomic mass is 32.1. The van der Waals surface area contributed by atoms with Crippen molar-refractivity contribution < 1.29 is 9.90 Å². The molecule has 4 heteroatoms. The first kappa shape index (κ1) is 9.52. The summed E-state index contributed by atoms with van der Waals surface area (Å²) in [5, 5.41) is 10.7. The van der Waals surface area contributed by atoms with Crippen molar-refractivity contribution in [3.05, 3.63) is 16.3 Å². The molecule has 1 fully saturated rings. The highest BCUT2D eigenvalue weighted by Crippen LogP contribution is 2.29. The van der Waals surface area contributed by atoms with Gasteiger partial charge in [-0.05, 0) is 25.8 Å². The molecule has 0 radical (unpaired) electrons. The van der Waals surface area contributed by atoms with Crippen LogP contribution in [-0.2, 0) is 0 Å². The maximum atomic E-state index is 10.7. The smallest absolute Gasteiger partial charge is 0.345 e. The molecule has 0 amide bonds. The molecule has 1 aliphatic heterocycles. The number of carbonyl (C=O) groups is 1. The van der Waals surface area contributed by atoms with Crippen LogP contribution in [0.15, 0.2) is 11.4 Å². The second-order valence-corrected chi connectivity index (χ2v) is 4.57. The summed E-state index contributed by atoms with van der Waals surface area (Å²) in [6.45, 7) is 3.24. The fraction of sp³-hybridized carbons (Fsp3) is 0.500. The van der Waals surface area contributed by atoms with Gasteiger partial charge in [0.2, 0.25) is 0 Å². The summed E-state index contributed by atoms with van der Waals surface area (Å²) >= 11 is 1.31. The third-order valence-electron chi connectivity index (χ3n) is 2.68. The largest absolute Gasteiger partial charge is 0.477 e. The SMILES string of the molecule is CC1CCCN1c1csc(C(=O)O)c1. The van der Waals surface area contributed by atoms with E-state index in [0.717, 1.165) is 12.2 Å². The molecule has 1 saturated heterocycles. The lowest BCUT2D eigenvalue weighted by Crippen LogP contribution is -2.25. The third-order valence-corrected chi connectivity index (χ3v) is 3.59. The molecular weight excluding hydrogens is 198 g/mol. The number of nitrogens with zero attached hydrogens (tertiary/aromatic N) is 1. The van der Waals surface area contributed by atoms with Gasteiger partial charge >= 0.3 is 5.97 Å². The van der Waals surface area contributed by atoms with Crippen LogP contribution in [0.4, 0.5) is 5.69 Å². The standard InChI is InChI=1S/C10H13NO2S/c1-7-3-2-4-11(7)8-5-9(10(12)13)14-6-8/h5-7H,2-4H2,1H3,(H,12,13). The quantitative estimate of drug-likeness (QED) is 0.816. The van der Waals surface area contributed by atoms with Gasteiger partial charge in [0.15, 0.2) is 0 Å². The minimum atomic E-state index is -0.826. The molecule has 1 aromatic rings. The number of carboxylic acids is 1. The van der Waals surface area contributed by atoms with Crippen LogP contribution in [0.5, 0.6) is 0 Å². The molecule has 2 heterocycles. The van der Waals surface area contributed by atoms with E-state index in [4.69, 9.17) is 5.11 Å². The summed E-state index contributed by atoms with van der Waals surface area (Å²) in [4.78, 5) is 13.4. The van der Waals surface area contributed by atoms with Gasteiger partial charge in [-0.15, -0.1) is 11.3 Å². The lowest BCUT2D eigenvalue weighted by molar-refractivity contribution is 0.0702. The summed E-state index contributed by atoms with van der Waals surface area (Å²) in [5.41, 5.74) is 1.07. The molecule has 0 spiro atoms. The van der Waals surface area contributed by atoms with E-state index < -0.39 is 5.97 Å². The average molecular weight is 211 g/mol. The van der Waals surface area contributed by atoms with Crippen molar-refractivity contribution in [2.75, 3.05) is 11.4 Å². The van der Waals surface area contributed by atoms with E-state index in [1.165, 1.54) is 24.2 Å². The predicted octanol–water partition coefficient (Wildman–Crippen LogP) is 2.44. The zero-order chi connectivity index (χ0) is 10.1. The van der Waals surface area contributed by atoms with E-state index in [1.54, 1.807) is 6.07 Å². The van der Waals surface area contributed by atoms with Gasteiger partial charge in [0, 0.05) is 23.7 Å². The first-order chi connectivity index (χ1) is 6.68. The number of thiophene rings is 1. The van der Waals surface area contributed by atoms with Crippen molar-refractivity contribution in [1.29, 1.82) is 0 Å². The Morgan fingerprint density at radius 2 is 2.50 bits per heavy atom. The van der Waals surface area contributed by atoms with Gasteiger partial charge in [0.1, 0.15) is 4.88 Å². The van der Waals surface area contributed by atoms with Gasteiger partial charge in [-0.25, -0.2) is 4.79 Å². The van der Waals surface area contributed by atoms with E-state index in [0.29, 0.717) is 10.9 Å². The lowest BCUT2D eigenvalue weighted by Gasteiger charge is -2.21. The fourth-order valence-corrected chi connectivity index (χ4v) is 2.65. The van der Waals surface area contributed by atoms with Gasteiger partial charge in [0.25, 0.3) is 0 Å². The number of rotatable bonds is 2. The van der Waals surface area contributed by atoms with E-state index in [-0.39, 0.29) is 0 Å². The van der Waals surface area contributed by atoms with Crippen LogP contribution in [0, 0.1) is 0 Å². The van der Waals surface area contributed by atoms with Crippen molar-refractivity contribution in [2.24, 2.45) is 0 Å². The highest BCUT2D eigenvalue weighted by molar-refractivity contribution is 7.12. The molecule has 76 valence electrons. The van der Waals surface area contributed by atoms with Crippen LogP contribution in [0.2, 0.25) is 0 Å². The van der Waals surface area contributed by atoms with Crippen molar-refractivity contribution >= 4 is 23.0 Å².